The van der Waals surface area contributed by atoms with Crippen molar-refractivity contribution in [1.82, 2.24) is 10.2 Å². The molecule has 0 aromatic heterocycles. The molecule has 2 aromatic rings. The maximum absolute atomic E-state index is 12.3. The summed E-state index contributed by atoms with van der Waals surface area (Å²) in [7, 11) is 0. The molecule has 0 radical (unpaired) electrons. The Morgan fingerprint density at radius 2 is 1.71 bits per heavy atom. The molecule has 28 heavy (non-hydrogen) atoms. The van der Waals surface area contributed by atoms with Crippen LogP contribution in [0.15, 0.2) is 48.5 Å². The summed E-state index contributed by atoms with van der Waals surface area (Å²) in [5.74, 6) is 0.732. The van der Waals surface area contributed by atoms with Crippen LogP contribution in [0, 0.1) is 0 Å². The minimum Gasteiger partial charge on any atom is -0.352 e. The first-order valence-electron chi connectivity index (χ1n) is 10.3. The molecule has 0 bridgehead atoms. The fourth-order valence-corrected chi connectivity index (χ4v) is 3.52. The van der Waals surface area contributed by atoms with Gasteiger partial charge in [0.2, 0.25) is 5.91 Å². The number of amides is 2. The SMILES string of the molecule is CC(C)c1ccc(CCCNC(=O)c2ccc(CN3CCCC3=O)cc2)cc1. The molecule has 1 N–H and O–H groups in total. The van der Waals surface area contributed by atoms with Gasteiger partial charge in [-0.25, -0.2) is 0 Å². The van der Waals surface area contributed by atoms with Crippen molar-refractivity contribution in [1.29, 1.82) is 0 Å². The quantitative estimate of drug-likeness (QED) is 0.697. The van der Waals surface area contributed by atoms with E-state index in [1.165, 1.54) is 11.1 Å². The van der Waals surface area contributed by atoms with Crippen molar-refractivity contribution in [2.75, 3.05) is 13.1 Å². The molecule has 1 fully saturated rings. The van der Waals surface area contributed by atoms with Crippen LogP contribution in [-0.2, 0) is 17.8 Å². The summed E-state index contributed by atoms with van der Waals surface area (Å²) in [6.45, 7) is 6.53. The molecule has 2 aromatic carbocycles. The number of aryl methyl sites for hydroxylation is 1. The normalized spacial score (nSPS) is 14.0. The standard InChI is InChI=1S/C24H30N2O2/c1-18(2)21-11-7-19(8-12-21)5-3-15-25-24(28)22-13-9-20(10-14-22)17-26-16-4-6-23(26)27/h7-14,18H,3-6,15-17H2,1-2H3,(H,25,28). The number of hydrogen-bond acceptors (Lipinski definition) is 2. The van der Waals surface area contributed by atoms with E-state index in [0.29, 0.717) is 31.0 Å². The lowest BCUT2D eigenvalue weighted by atomic mass is 10.0. The van der Waals surface area contributed by atoms with E-state index in [0.717, 1.165) is 31.4 Å². The number of likely N-dealkylation sites (tertiary alicyclic amines) is 1. The van der Waals surface area contributed by atoms with Crippen molar-refractivity contribution in [3.8, 4) is 0 Å². The highest BCUT2D eigenvalue weighted by molar-refractivity contribution is 5.94. The highest BCUT2D eigenvalue weighted by atomic mass is 16.2. The fraction of sp³-hybridized carbons (Fsp3) is 0.417. The van der Waals surface area contributed by atoms with Gasteiger partial charge < -0.3 is 10.2 Å². The van der Waals surface area contributed by atoms with Gasteiger partial charge in [0.1, 0.15) is 0 Å². The maximum atomic E-state index is 12.3. The Hall–Kier alpha value is -2.62. The summed E-state index contributed by atoms with van der Waals surface area (Å²) >= 11 is 0. The average molecular weight is 379 g/mol. The molecule has 1 heterocycles. The third-order valence-corrected chi connectivity index (χ3v) is 5.34. The van der Waals surface area contributed by atoms with Crippen LogP contribution in [0.4, 0.5) is 0 Å². The second-order valence-corrected chi connectivity index (χ2v) is 7.87. The lowest BCUT2D eigenvalue weighted by Gasteiger charge is -2.15. The zero-order valence-electron chi connectivity index (χ0n) is 16.9. The molecule has 0 spiro atoms. The Kier molecular flexibility index (Phi) is 6.85. The maximum Gasteiger partial charge on any atom is 0.251 e. The molecule has 2 amide bonds. The third kappa shape index (κ3) is 5.44. The van der Waals surface area contributed by atoms with Crippen molar-refractivity contribution in [2.24, 2.45) is 0 Å². The van der Waals surface area contributed by atoms with Crippen LogP contribution in [0.2, 0.25) is 0 Å². The van der Waals surface area contributed by atoms with E-state index < -0.39 is 0 Å². The van der Waals surface area contributed by atoms with Crippen molar-refractivity contribution in [3.63, 3.8) is 0 Å². The number of benzene rings is 2. The van der Waals surface area contributed by atoms with Crippen LogP contribution in [0.5, 0.6) is 0 Å². The molecule has 1 aliphatic rings. The molecule has 0 aliphatic carbocycles. The summed E-state index contributed by atoms with van der Waals surface area (Å²) in [5.41, 5.74) is 4.39. The van der Waals surface area contributed by atoms with E-state index in [1.807, 2.05) is 29.2 Å². The van der Waals surface area contributed by atoms with Crippen LogP contribution in [-0.4, -0.2) is 29.8 Å². The van der Waals surface area contributed by atoms with Crippen LogP contribution in [0.25, 0.3) is 0 Å². The number of rotatable bonds is 8. The first kappa shape index (κ1) is 20.1. The molecule has 3 rings (SSSR count). The van der Waals surface area contributed by atoms with Crippen molar-refractivity contribution in [2.45, 2.75) is 52.0 Å². The Balaban J connectivity index is 1.41. The molecule has 1 aliphatic heterocycles. The minimum atomic E-state index is -0.0426. The topological polar surface area (TPSA) is 49.4 Å². The van der Waals surface area contributed by atoms with Gasteiger partial charge in [-0.05, 0) is 54.0 Å². The van der Waals surface area contributed by atoms with Crippen LogP contribution >= 0.6 is 0 Å². The van der Waals surface area contributed by atoms with E-state index in [2.05, 4.69) is 43.4 Å². The Labute approximate surface area is 167 Å². The van der Waals surface area contributed by atoms with Crippen molar-refractivity contribution in [3.05, 3.63) is 70.8 Å². The molecular weight excluding hydrogens is 348 g/mol. The second kappa shape index (κ2) is 9.54. The lowest BCUT2D eigenvalue weighted by Crippen LogP contribution is -2.25. The summed E-state index contributed by atoms with van der Waals surface area (Å²) in [5, 5.41) is 2.99. The summed E-state index contributed by atoms with van der Waals surface area (Å²) in [4.78, 5) is 25.9. The van der Waals surface area contributed by atoms with E-state index in [1.54, 1.807) is 0 Å². The first-order chi connectivity index (χ1) is 13.5. The lowest BCUT2D eigenvalue weighted by molar-refractivity contribution is -0.128. The fourth-order valence-electron chi connectivity index (χ4n) is 3.52. The second-order valence-electron chi connectivity index (χ2n) is 7.87. The molecule has 1 saturated heterocycles. The Morgan fingerprint density at radius 1 is 1.04 bits per heavy atom. The highest BCUT2D eigenvalue weighted by Crippen LogP contribution is 2.16. The summed E-state index contributed by atoms with van der Waals surface area (Å²) < 4.78 is 0. The van der Waals surface area contributed by atoms with Gasteiger partial charge >= 0.3 is 0 Å². The number of hydrogen-bond donors (Lipinski definition) is 1. The highest BCUT2D eigenvalue weighted by Gasteiger charge is 2.19. The summed E-state index contributed by atoms with van der Waals surface area (Å²) in [6.07, 6.45) is 3.48. The van der Waals surface area contributed by atoms with Gasteiger partial charge in [0.25, 0.3) is 5.91 Å². The van der Waals surface area contributed by atoms with Crippen LogP contribution in [0.3, 0.4) is 0 Å². The Bertz CT molecular complexity index is 794. The zero-order chi connectivity index (χ0) is 19.9. The predicted molar refractivity (Wildman–Crippen MR) is 112 cm³/mol. The third-order valence-electron chi connectivity index (χ3n) is 5.34. The largest absolute Gasteiger partial charge is 0.352 e. The van der Waals surface area contributed by atoms with Gasteiger partial charge in [-0.2, -0.15) is 0 Å². The van der Waals surface area contributed by atoms with Crippen molar-refractivity contribution < 1.29 is 9.59 Å². The van der Waals surface area contributed by atoms with Crippen molar-refractivity contribution >= 4 is 11.8 Å². The van der Waals surface area contributed by atoms with E-state index in [4.69, 9.17) is 0 Å². The monoisotopic (exact) mass is 378 g/mol. The van der Waals surface area contributed by atoms with Gasteiger partial charge in [0, 0.05) is 31.6 Å². The predicted octanol–water partition coefficient (Wildman–Crippen LogP) is 4.30. The number of nitrogens with zero attached hydrogens (tertiary/aromatic N) is 1. The first-order valence-corrected chi connectivity index (χ1v) is 10.3. The van der Waals surface area contributed by atoms with E-state index in [-0.39, 0.29) is 11.8 Å². The van der Waals surface area contributed by atoms with Crippen LogP contribution in [0.1, 0.15) is 66.1 Å². The number of nitrogens with one attached hydrogen (secondary N) is 1. The molecule has 4 nitrogen and oxygen atoms in total. The van der Waals surface area contributed by atoms with Gasteiger partial charge in [-0.3, -0.25) is 9.59 Å². The smallest absolute Gasteiger partial charge is 0.251 e. The molecule has 0 saturated carbocycles. The van der Waals surface area contributed by atoms with Gasteiger partial charge in [0.05, 0.1) is 0 Å². The summed E-state index contributed by atoms with van der Waals surface area (Å²) in [6, 6.07) is 16.3. The van der Waals surface area contributed by atoms with E-state index in [9.17, 15) is 9.59 Å². The molecule has 0 unspecified atom stereocenters. The minimum absolute atomic E-state index is 0.0426. The number of carbonyl (C=O) groups is 2. The molecule has 148 valence electrons. The van der Waals surface area contributed by atoms with Crippen LogP contribution < -0.4 is 5.32 Å². The molecular formula is C24H30N2O2. The van der Waals surface area contributed by atoms with Gasteiger partial charge in [-0.1, -0.05) is 50.2 Å². The average Bonchev–Trinajstić information content (AvgIpc) is 3.10. The molecule has 0 atom stereocenters. The zero-order valence-corrected chi connectivity index (χ0v) is 16.9. The van der Waals surface area contributed by atoms with E-state index >= 15 is 0 Å². The molecule has 4 heteroatoms. The number of carbonyl (C=O) groups excluding carboxylic acids is 2. The Morgan fingerprint density at radius 3 is 2.32 bits per heavy atom. The van der Waals surface area contributed by atoms with Gasteiger partial charge in [-0.15, -0.1) is 0 Å². The van der Waals surface area contributed by atoms with Gasteiger partial charge in [0.15, 0.2) is 0 Å².